The lowest BCUT2D eigenvalue weighted by Gasteiger charge is -2.34. The first kappa shape index (κ1) is 12.5. The first-order valence-electron chi connectivity index (χ1n) is 8.12. The lowest BCUT2D eigenvalue weighted by Crippen LogP contribution is -2.26. The van der Waals surface area contributed by atoms with E-state index in [1.165, 1.54) is 32.1 Å². The molecular formula is C18H28. The zero-order valence-corrected chi connectivity index (χ0v) is 12.2. The van der Waals surface area contributed by atoms with Gasteiger partial charge in [-0.2, -0.15) is 0 Å². The molecule has 2 bridgehead atoms. The molecule has 0 heterocycles. The summed E-state index contributed by atoms with van der Waals surface area (Å²) in [6.07, 6.45) is 14.6. The van der Waals surface area contributed by atoms with Crippen LogP contribution in [0.5, 0.6) is 0 Å². The summed E-state index contributed by atoms with van der Waals surface area (Å²) in [6, 6.07) is 0. The Hall–Kier alpha value is -0.520. The second kappa shape index (κ2) is 4.87. The molecule has 0 aromatic carbocycles. The number of hydrogen-bond acceptors (Lipinski definition) is 0. The molecule has 0 spiro atoms. The van der Waals surface area contributed by atoms with Gasteiger partial charge >= 0.3 is 0 Å². The number of fused-ring (bicyclic) bond motifs is 2. The van der Waals surface area contributed by atoms with Crippen LogP contribution < -0.4 is 0 Å². The van der Waals surface area contributed by atoms with Gasteiger partial charge < -0.3 is 0 Å². The average molecular weight is 244 g/mol. The molecule has 0 radical (unpaired) electrons. The maximum absolute atomic E-state index is 2.56. The van der Waals surface area contributed by atoms with Crippen LogP contribution in [0.25, 0.3) is 0 Å². The summed E-state index contributed by atoms with van der Waals surface area (Å²) in [4.78, 5) is 0. The molecule has 0 aromatic rings. The molecule has 2 fully saturated rings. The van der Waals surface area contributed by atoms with Crippen molar-refractivity contribution in [3.05, 3.63) is 23.8 Å². The van der Waals surface area contributed by atoms with Gasteiger partial charge in [-0.1, -0.05) is 44.6 Å². The standard InChI is InChI=1S/C18H28/c1-4-6-16-14-10-17(13-8-7-12(3)9-13)18(11-14)15(16)5-2/h6-8,12-15,17-18H,4-5,9-11H2,1-3H3/b16-6+. The van der Waals surface area contributed by atoms with Crippen molar-refractivity contribution in [3.8, 4) is 0 Å². The molecule has 3 aliphatic rings. The second-order valence-electron chi connectivity index (χ2n) is 6.88. The van der Waals surface area contributed by atoms with Gasteiger partial charge in [0.1, 0.15) is 0 Å². The van der Waals surface area contributed by atoms with Gasteiger partial charge in [-0.3, -0.25) is 0 Å². The van der Waals surface area contributed by atoms with Crippen molar-refractivity contribution in [1.82, 2.24) is 0 Å². The Morgan fingerprint density at radius 2 is 1.89 bits per heavy atom. The van der Waals surface area contributed by atoms with E-state index < -0.39 is 0 Å². The number of rotatable bonds is 3. The summed E-state index contributed by atoms with van der Waals surface area (Å²) in [7, 11) is 0. The van der Waals surface area contributed by atoms with Crippen LogP contribution in [-0.2, 0) is 0 Å². The Labute approximate surface area is 113 Å². The van der Waals surface area contributed by atoms with E-state index in [4.69, 9.17) is 0 Å². The average Bonchev–Trinajstić information content (AvgIpc) is 3.02. The Kier molecular flexibility index (Phi) is 3.38. The lowest BCUT2D eigenvalue weighted by atomic mass is 9.70. The van der Waals surface area contributed by atoms with Crippen LogP contribution in [0.2, 0.25) is 0 Å². The minimum Gasteiger partial charge on any atom is -0.0854 e. The molecule has 0 aromatic heterocycles. The van der Waals surface area contributed by atoms with Crippen LogP contribution in [0.15, 0.2) is 23.8 Å². The molecule has 6 unspecified atom stereocenters. The minimum atomic E-state index is 0.833. The summed E-state index contributed by atoms with van der Waals surface area (Å²) < 4.78 is 0. The lowest BCUT2D eigenvalue weighted by molar-refractivity contribution is 0.218. The van der Waals surface area contributed by atoms with Crippen molar-refractivity contribution in [2.45, 2.75) is 52.9 Å². The van der Waals surface area contributed by atoms with Crippen LogP contribution in [0.4, 0.5) is 0 Å². The molecule has 0 aliphatic heterocycles. The SMILES string of the molecule is CC/C=C1\C2CC(C3C=CC(C)C3)C(C2)C1CC. The predicted molar refractivity (Wildman–Crippen MR) is 78.3 cm³/mol. The molecule has 0 saturated heterocycles. The molecule has 0 nitrogen and oxygen atoms in total. The fourth-order valence-electron chi connectivity index (χ4n) is 5.21. The third-order valence-corrected chi connectivity index (χ3v) is 5.84. The summed E-state index contributed by atoms with van der Waals surface area (Å²) in [5, 5.41) is 0. The van der Waals surface area contributed by atoms with Crippen molar-refractivity contribution in [2.24, 2.45) is 35.5 Å². The van der Waals surface area contributed by atoms with Gasteiger partial charge in [-0.05, 0) is 67.6 Å². The predicted octanol–water partition coefficient (Wildman–Crippen LogP) is 5.22. The van der Waals surface area contributed by atoms with E-state index in [0.717, 1.165) is 35.5 Å². The molecule has 0 heteroatoms. The van der Waals surface area contributed by atoms with E-state index in [0.29, 0.717) is 0 Å². The third-order valence-electron chi connectivity index (χ3n) is 5.84. The summed E-state index contributed by atoms with van der Waals surface area (Å²) in [5.41, 5.74) is 1.84. The molecule has 18 heavy (non-hydrogen) atoms. The Balaban J connectivity index is 1.76. The molecule has 6 atom stereocenters. The zero-order valence-electron chi connectivity index (χ0n) is 12.2. The van der Waals surface area contributed by atoms with Crippen LogP contribution in [-0.4, -0.2) is 0 Å². The van der Waals surface area contributed by atoms with Gasteiger partial charge in [-0.25, -0.2) is 0 Å². The normalized spacial score (nSPS) is 48.5. The second-order valence-corrected chi connectivity index (χ2v) is 6.88. The Morgan fingerprint density at radius 1 is 1.11 bits per heavy atom. The van der Waals surface area contributed by atoms with Gasteiger partial charge in [-0.15, -0.1) is 0 Å². The number of hydrogen-bond donors (Lipinski definition) is 0. The van der Waals surface area contributed by atoms with Crippen molar-refractivity contribution in [2.75, 3.05) is 0 Å². The van der Waals surface area contributed by atoms with E-state index in [2.05, 4.69) is 39.0 Å². The third kappa shape index (κ3) is 1.89. The monoisotopic (exact) mass is 244 g/mol. The van der Waals surface area contributed by atoms with E-state index in [1.807, 2.05) is 5.57 Å². The van der Waals surface area contributed by atoms with E-state index in [-0.39, 0.29) is 0 Å². The zero-order chi connectivity index (χ0) is 12.7. The molecule has 100 valence electrons. The molecule has 3 aliphatic carbocycles. The van der Waals surface area contributed by atoms with Crippen LogP contribution >= 0.6 is 0 Å². The summed E-state index contributed by atoms with van der Waals surface area (Å²) in [6.45, 7) is 7.08. The fourth-order valence-corrected chi connectivity index (χ4v) is 5.21. The minimum absolute atomic E-state index is 0.833. The topological polar surface area (TPSA) is 0 Å². The van der Waals surface area contributed by atoms with E-state index >= 15 is 0 Å². The summed E-state index contributed by atoms with van der Waals surface area (Å²) in [5.74, 6) is 5.65. The highest BCUT2D eigenvalue weighted by Crippen LogP contribution is 2.59. The molecule has 0 amide bonds. The van der Waals surface area contributed by atoms with Gasteiger partial charge in [0, 0.05) is 0 Å². The molecular weight excluding hydrogens is 216 g/mol. The number of allylic oxidation sites excluding steroid dienone is 4. The van der Waals surface area contributed by atoms with Gasteiger partial charge in [0.15, 0.2) is 0 Å². The first-order valence-corrected chi connectivity index (χ1v) is 8.12. The van der Waals surface area contributed by atoms with Gasteiger partial charge in [0.05, 0.1) is 0 Å². The molecule has 0 N–H and O–H groups in total. The van der Waals surface area contributed by atoms with Crippen molar-refractivity contribution < 1.29 is 0 Å². The highest BCUT2D eigenvalue weighted by atomic mass is 14.5. The summed E-state index contributed by atoms with van der Waals surface area (Å²) >= 11 is 0. The maximum atomic E-state index is 2.56. The van der Waals surface area contributed by atoms with Crippen molar-refractivity contribution >= 4 is 0 Å². The first-order chi connectivity index (χ1) is 8.74. The fraction of sp³-hybridized carbons (Fsp3) is 0.778. The van der Waals surface area contributed by atoms with Crippen LogP contribution in [0.1, 0.15) is 52.9 Å². The molecule has 2 saturated carbocycles. The highest BCUT2D eigenvalue weighted by molar-refractivity contribution is 5.24. The largest absolute Gasteiger partial charge is 0.0854 e. The maximum Gasteiger partial charge on any atom is -0.0172 e. The highest BCUT2D eigenvalue weighted by Gasteiger charge is 2.50. The quantitative estimate of drug-likeness (QED) is 0.597. The van der Waals surface area contributed by atoms with Gasteiger partial charge in [0.2, 0.25) is 0 Å². The van der Waals surface area contributed by atoms with E-state index in [9.17, 15) is 0 Å². The van der Waals surface area contributed by atoms with Crippen LogP contribution in [0, 0.1) is 35.5 Å². The van der Waals surface area contributed by atoms with Crippen molar-refractivity contribution in [1.29, 1.82) is 0 Å². The van der Waals surface area contributed by atoms with Gasteiger partial charge in [0.25, 0.3) is 0 Å². The van der Waals surface area contributed by atoms with Crippen LogP contribution in [0.3, 0.4) is 0 Å². The smallest absolute Gasteiger partial charge is 0.0172 e. The molecule has 3 rings (SSSR count). The van der Waals surface area contributed by atoms with Crippen molar-refractivity contribution in [3.63, 3.8) is 0 Å². The Morgan fingerprint density at radius 3 is 2.50 bits per heavy atom. The Bertz CT molecular complexity index is 362. The van der Waals surface area contributed by atoms with E-state index in [1.54, 1.807) is 0 Å².